The SMILES string of the molecule is O=C(O)Cc1csc(Sc2ncc(F)cc2F)n1. The van der Waals surface area contributed by atoms with E-state index in [0.29, 0.717) is 10.0 Å². The van der Waals surface area contributed by atoms with E-state index in [1.165, 1.54) is 11.3 Å². The van der Waals surface area contributed by atoms with Gasteiger partial charge in [0.1, 0.15) is 10.8 Å². The number of carbonyl (C=O) groups is 1. The zero-order chi connectivity index (χ0) is 13.1. The van der Waals surface area contributed by atoms with Crippen LogP contribution >= 0.6 is 23.1 Å². The van der Waals surface area contributed by atoms with E-state index in [-0.39, 0.29) is 11.4 Å². The summed E-state index contributed by atoms with van der Waals surface area (Å²) in [5.74, 6) is -2.50. The van der Waals surface area contributed by atoms with E-state index >= 15 is 0 Å². The van der Waals surface area contributed by atoms with E-state index in [4.69, 9.17) is 5.11 Å². The Morgan fingerprint density at radius 2 is 2.28 bits per heavy atom. The molecule has 0 aliphatic rings. The molecule has 2 heterocycles. The van der Waals surface area contributed by atoms with Gasteiger partial charge in [0.2, 0.25) is 0 Å². The van der Waals surface area contributed by atoms with Crippen molar-refractivity contribution < 1.29 is 18.7 Å². The van der Waals surface area contributed by atoms with Gasteiger partial charge in [0.25, 0.3) is 0 Å². The van der Waals surface area contributed by atoms with E-state index in [1.807, 2.05) is 0 Å². The highest BCUT2D eigenvalue weighted by atomic mass is 32.2. The monoisotopic (exact) mass is 288 g/mol. The van der Waals surface area contributed by atoms with Crippen molar-refractivity contribution in [2.24, 2.45) is 0 Å². The lowest BCUT2D eigenvalue weighted by atomic mass is 10.3. The van der Waals surface area contributed by atoms with Crippen molar-refractivity contribution in [2.75, 3.05) is 0 Å². The first-order valence-electron chi connectivity index (χ1n) is 4.69. The molecule has 0 aliphatic heterocycles. The van der Waals surface area contributed by atoms with Crippen LogP contribution in [-0.4, -0.2) is 21.0 Å². The first-order chi connectivity index (χ1) is 8.54. The first kappa shape index (κ1) is 12.9. The van der Waals surface area contributed by atoms with Crippen molar-refractivity contribution in [3.63, 3.8) is 0 Å². The summed E-state index contributed by atoms with van der Waals surface area (Å²) in [6.07, 6.45) is 0.730. The van der Waals surface area contributed by atoms with Gasteiger partial charge in [-0.15, -0.1) is 11.3 Å². The zero-order valence-corrected chi connectivity index (χ0v) is 10.4. The van der Waals surface area contributed by atoms with Crippen LogP contribution in [0.15, 0.2) is 27.0 Å². The van der Waals surface area contributed by atoms with E-state index in [2.05, 4.69) is 9.97 Å². The van der Waals surface area contributed by atoms with Gasteiger partial charge in [-0.2, -0.15) is 0 Å². The summed E-state index contributed by atoms with van der Waals surface area (Å²) in [5.41, 5.74) is 0.400. The fourth-order valence-electron chi connectivity index (χ4n) is 1.13. The summed E-state index contributed by atoms with van der Waals surface area (Å²) in [6.45, 7) is 0. The van der Waals surface area contributed by atoms with Gasteiger partial charge in [-0.05, 0) is 11.8 Å². The fraction of sp³-hybridized carbons (Fsp3) is 0.100. The summed E-state index contributed by atoms with van der Waals surface area (Å²) >= 11 is 2.12. The number of aromatic nitrogens is 2. The van der Waals surface area contributed by atoms with Crippen LogP contribution < -0.4 is 0 Å². The van der Waals surface area contributed by atoms with Gasteiger partial charge in [-0.25, -0.2) is 18.7 Å². The van der Waals surface area contributed by atoms with E-state index in [9.17, 15) is 13.6 Å². The Balaban J connectivity index is 2.13. The minimum absolute atomic E-state index is 0.00706. The molecule has 2 aromatic heterocycles. The predicted octanol–water partition coefficient (Wildman–Crippen LogP) is 2.59. The summed E-state index contributed by atoms with van der Waals surface area (Å²) in [5, 5.41) is 10.2. The Kier molecular flexibility index (Phi) is 3.87. The largest absolute Gasteiger partial charge is 0.481 e. The maximum atomic E-state index is 13.3. The maximum Gasteiger partial charge on any atom is 0.309 e. The predicted molar refractivity (Wildman–Crippen MR) is 61.7 cm³/mol. The molecule has 4 nitrogen and oxygen atoms in total. The number of thiazole rings is 1. The third-order valence-corrected chi connectivity index (χ3v) is 3.80. The third kappa shape index (κ3) is 3.23. The molecule has 2 aromatic rings. The molecule has 0 unspecified atom stereocenters. The van der Waals surface area contributed by atoms with Gasteiger partial charge in [-0.3, -0.25) is 4.79 Å². The summed E-state index contributed by atoms with van der Waals surface area (Å²) in [4.78, 5) is 18.1. The molecule has 2 rings (SSSR count). The molecule has 0 saturated carbocycles. The van der Waals surface area contributed by atoms with Crippen LogP contribution in [0.2, 0.25) is 0 Å². The Morgan fingerprint density at radius 3 is 2.94 bits per heavy atom. The summed E-state index contributed by atoms with van der Waals surface area (Å²) in [7, 11) is 0. The lowest BCUT2D eigenvalue weighted by molar-refractivity contribution is -0.136. The molecule has 0 fully saturated rings. The first-order valence-corrected chi connectivity index (χ1v) is 6.39. The average molecular weight is 288 g/mol. The Bertz CT molecular complexity index is 589. The molecule has 0 aromatic carbocycles. The second-order valence-corrected chi connectivity index (χ2v) is 5.31. The van der Waals surface area contributed by atoms with Crippen LogP contribution in [0.25, 0.3) is 0 Å². The van der Waals surface area contributed by atoms with Gasteiger partial charge in [0.05, 0.1) is 18.3 Å². The quantitative estimate of drug-likeness (QED) is 0.937. The average Bonchev–Trinajstić information content (AvgIpc) is 2.69. The molecule has 0 spiro atoms. The van der Waals surface area contributed by atoms with Crippen LogP contribution in [0.3, 0.4) is 0 Å². The molecule has 8 heteroatoms. The maximum absolute atomic E-state index is 13.3. The number of carboxylic acids is 1. The highest BCUT2D eigenvalue weighted by Crippen LogP contribution is 2.30. The smallest absolute Gasteiger partial charge is 0.309 e. The van der Waals surface area contributed by atoms with Crippen LogP contribution in [0.5, 0.6) is 0 Å². The number of hydrogen-bond donors (Lipinski definition) is 1. The number of pyridine rings is 1. The van der Waals surface area contributed by atoms with Crippen molar-refractivity contribution in [2.45, 2.75) is 15.8 Å². The van der Waals surface area contributed by atoms with Gasteiger partial charge < -0.3 is 5.11 Å². The molecule has 0 amide bonds. The van der Waals surface area contributed by atoms with Gasteiger partial charge in [0.15, 0.2) is 10.2 Å². The van der Waals surface area contributed by atoms with Crippen LogP contribution in [0.4, 0.5) is 8.78 Å². The molecular formula is C10H6F2N2O2S2. The molecule has 0 bridgehead atoms. The van der Waals surface area contributed by atoms with Gasteiger partial charge in [0, 0.05) is 11.4 Å². The Morgan fingerprint density at radius 1 is 1.50 bits per heavy atom. The van der Waals surface area contributed by atoms with Crippen LogP contribution in [0, 0.1) is 11.6 Å². The van der Waals surface area contributed by atoms with E-state index in [0.717, 1.165) is 24.0 Å². The number of halogens is 2. The lowest BCUT2D eigenvalue weighted by Gasteiger charge is -1.98. The molecule has 1 N–H and O–H groups in total. The topological polar surface area (TPSA) is 63.1 Å². The number of carboxylic acid groups (broad SMARTS) is 1. The molecule has 94 valence electrons. The minimum Gasteiger partial charge on any atom is -0.481 e. The van der Waals surface area contributed by atoms with Crippen molar-refractivity contribution in [1.29, 1.82) is 0 Å². The highest BCUT2D eigenvalue weighted by Gasteiger charge is 2.11. The number of aliphatic carboxylic acids is 1. The minimum atomic E-state index is -0.983. The summed E-state index contributed by atoms with van der Waals surface area (Å²) < 4.78 is 26.4. The molecule has 18 heavy (non-hydrogen) atoms. The fourth-order valence-corrected chi connectivity index (χ4v) is 2.84. The molecule has 0 radical (unpaired) electrons. The zero-order valence-electron chi connectivity index (χ0n) is 8.76. The summed E-state index contributed by atoms with van der Waals surface area (Å²) in [6, 6.07) is 0.737. The molecule has 0 aliphatic carbocycles. The van der Waals surface area contributed by atoms with Crippen molar-refractivity contribution in [1.82, 2.24) is 9.97 Å². The Hall–Kier alpha value is -1.54. The van der Waals surface area contributed by atoms with E-state index in [1.54, 1.807) is 5.38 Å². The highest BCUT2D eigenvalue weighted by molar-refractivity contribution is 8.01. The standard InChI is InChI=1S/C10H6F2N2O2S2/c11-5-1-7(12)9(13-3-5)18-10-14-6(4-17-10)2-8(15)16/h1,3-4H,2H2,(H,15,16). The number of nitrogens with zero attached hydrogens (tertiary/aromatic N) is 2. The van der Waals surface area contributed by atoms with E-state index < -0.39 is 17.6 Å². The number of rotatable bonds is 4. The van der Waals surface area contributed by atoms with Crippen LogP contribution in [-0.2, 0) is 11.2 Å². The second kappa shape index (κ2) is 5.40. The van der Waals surface area contributed by atoms with Gasteiger partial charge >= 0.3 is 5.97 Å². The van der Waals surface area contributed by atoms with Crippen molar-refractivity contribution in [3.8, 4) is 0 Å². The molecular weight excluding hydrogens is 282 g/mol. The molecule has 0 atom stereocenters. The molecule has 0 saturated heterocycles. The number of hydrogen-bond acceptors (Lipinski definition) is 5. The Labute approximate surface area is 109 Å². The van der Waals surface area contributed by atoms with Crippen molar-refractivity contribution >= 4 is 29.1 Å². The second-order valence-electron chi connectivity index (χ2n) is 3.22. The van der Waals surface area contributed by atoms with Crippen molar-refractivity contribution in [3.05, 3.63) is 35.0 Å². The van der Waals surface area contributed by atoms with Gasteiger partial charge in [-0.1, -0.05) is 0 Å². The lowest BCUT2D eigenvalue weighted by Crippen LogP contribution is -1.99. The third-order valence-electron chi connectivity index (χ3n) is 1.82. The normalized spacial score (nSPS) is 10.6. The van der Waals surface area contributed by atoms with Crippen LogP contribution in [0.1, 0.15) is 5.69 Å².